The second-order valence-corrected chi connectivity index (χ2v) is 8.40. The number of carboxylic acids is 2. The molecule has 0 aliphatic carbocycles. The molecule has 1 aliphatic rings. The van der Waals surface area contributed by atoms with Gasteiger partial charge in [0, 0.05) is 11.3 Å². The molecule has 2 aromatic carbocycles. The fourth-order valence-electron chi connectivity index (χ4n) is 4.06. The van der Waals surface area contributed by atoms with Gasteiger partial charge in [0.05, 0.1) is 31.2 Å². The maximum absolute atomic E-state index is 13.9. The minimum atomic E-state index is -2.28. The van der Waals surface area contributed by atoms with Crippen LogP contribution in [0.4, 0.5) is 10.5 Å². The summed E-state index contributed by atoms with van der Waals surface area (Å²) in [4.78, 5) is 90.4. The Morgan fingerprint density at radius 3 is 2.10 bits per heavy atom. The van der Waals surface area contributed by atoms with Crippen LogP contribution in [0.3, 0.4) is 0 Å². The Labute approximate surface area is 324 Å². The second-order valence-electron chi connectivity index (χ2n) is 8.40. The SMILES string of the molecule is CCOC(=O)CN1C(=O)N(C(C(=O)Nc2ccccc2)C(=O)c2cc(C(=O)[O-])cc(C(=O)[O-])c2OC)C(=O)C1C.[K+].[K+]. The van der Waals surface area contributed by atoms with Crippen LogP contribution < -0.4 is 123 Å². The van der Waals surface area contributed by atoms with E-state index in [0.717, 1.165) is 12.0 Å². The van der Waals surface area contributed by atoms with Crippen LogP contribution in [0.5, 0.6) is 5.75 Å². The molecular formula is C26H23K2N3O11. The Morgan fingerprint density at radius 1 is 0.976 bits per heavy atom. The van der Waals surface area contributed by atoms with Crippen molar-refractivity contribution in [2.45, 2.75) is 25.9 Å². The number of carbonyl (C=O) groups is 7. The maximum atomic E-state index is 13.9. The number of urea groups is 1. The van der Waals surface area contributed by atoms with Gasteiger partial charge in [-0.1, -0.05) is 18.2 Å². The Balaban J connectivity index is 0.00000441. The zero-order valence-electron chi connectivity index (χ0n) is 23.5. The fourth-order valence-corrected chi connectivity index (χ4v) is 4.06. The summed E-state index contributed by atoms with van der Waals surface area (Å²) in [5, 5.41) is 25.7. The van der Waals surface area contributed by atoms with Crippen LogP contribution >= 0.6 is 0 Å². The van der Waals surface area contributed by atoms with Gasteiger partial charge in [-0.2, -0.15) is 0 Å². The summed E-state index contributed by atoms with van der Waals surface area (Å²) < 4.78 is 9.86. The number of ether oxygens (including phenoxy) is 2. The molecule has 0 bridgehead atoms. The molecule has 1 saturated heterocycles. The van der Waals surface area contributed by atoms with Crippen molar-refractivity contribution < 1.29 is 156 Å². The van der Waals surface area contributed by atoms with E-state index in [4.69, 9.17) is 9.47 Å². The summed E-state index contributed by atoms with van der Waals surface area (Å²) in [6.07, 6.45) is 0. The topological polar surface area (TPSA) is 203 Å². The van der Waals surface area contributed by atoms with E-state index >= 15 is 0 Å². The molecular weight excluding hydrogens is 608 g/mol. The molecule has 0 saturated carbocycles. The van der Waals surface area contributed by atoms with Gasteiger partial charge in [0.15, 0.2) is 11.8 Å². The average molecular weight is 632 g/mol. The van der Waals surface area contributed by atoms with Crippen molar-refractivity contribution in [3.05, 3.63) is 59.2 Å². The number of benzene rings is 2. The molecule has 0 spiro atoms. The summed E-state index contributed by atoms with van der Waals surface area (Å²) in [7, 11) is 0.978. The van der Waals surface area contributed by atoms with Gasteiger partial charge in [0.2, 0.25) is 0 Å². The van der Waals surface area contributed by atoms with Gasteiger partial charge in [0.1, 0.15) is 18.3 Å². The van der Waals surface area contributed by atoms with E-state index in [9.17, 15) is 43.8 Å². The third-order valence-electron chi connectivity index (χ3n) is 5.93. The summed E-state index contributed by atoms with van der Waals surface area (Å²) in [5.41, 5.74) is -2.21. The van der Waals surface area contributed by atoms with Gasteiger partial charge in [-0.05, 0) is 43.7 Å². The number of rotatable bonds is 11. The van der Waals surface area contributed by atoms with E-state index in [1.165, 1.54) is 26.0 Å². The number of esters is 1. The summed E-state index contributed by atoms with van der Waals surface area (Å²) in [6, 6.07) is 4.21. The largest absolute Gasteiger partial charge is 1.00 e. The Bertz CT molecular complexity index is 1400. The van der Waals surface area contributed by atoms with Crippen LogP contribution in [0.2, 0.25) is 0 Å². The van der Waals surface area contributed by atoms with E-state index in [-0.39, 0.29) is 115 Å². The van der Waals surface area contributed by atoms with Crippen molar-refractivity contribution in [1.29, 1.82) is 0 Å². The second kappa shape index (κ2) is 16.7. The number of imide groups is 1. The number of amides is 4. The zero-order valence-corrected chi connectivity index (χ0v) is 29.7. The minimum Gasteiger partial charge on any atom is -0.545 e. The van der Waals surface area contributed by atoms with Gasteiger partial charge in [-0.3, -0.25) is 19.2 Å². The molecule has 42 heavy (non-hydrogen) atoms. The van der Waals surface area contributed by atoms with Crippen molar-refractivity contribution >= 4 is 47.2 Å². The number of aromatic carboxylic acids is 2. The number of ketones is 1. The summed E-state index contributed by atoms with van der Waals surface area (Å²) in [6.45, 7) is 2.11. The molecule has 14 nitrogen and oxygen atoms in total. The van der Waals surface area contributed by atoms with Crippen LogP contribution in [0, 0.1) is 0 Å². The Hall–Kier alpha value is -2.00. The average Bonchev–Trinajstić information content (AvgIpc) is 3.11. The Kier molecular flexibility index (Phi) is 15.2. The van der Waals surface area contributed by atoms with Crippen LogP contribution in [0.1, 0.15) is 44.9 Å². The first-order valence-electron chi connectivity index (χ1n) is 11.8. The van der Waals surface area contributed by atoms with E-state index in [1.54, 1.807) is 18.2 Å². The quantitative estimate of drug-likeness (QED) is 0.0812. The smallest absolute Gasteiger partial charge is 0.545 e. The number of carbonyl (C=O) groups excluding carboxylic acids is 7. The number of hydrogen-bond donors (Lipinski definition) is 1. The number of carboxylic acid groups (broad SMARTS) is 2. The minimum absolute atomic E-state index is 0. The number of nitrogens with one attached hydrogen (secondary N) is 1. The van der Waals surface area contributed by atoms with E-state index in [1.807, 2.05) is 0 Å². The molecule has 2 aromatic rings. The molecule has 1 fully saturated rings. The fraction of sp³-hybridized carbons (Fsp3) is 0.269. The zero-order chi connectivity index (χ0) is 29.7. The number of hydrogen-bond acceptors (Lipinski definition) is 11. The Morgan fingerprint density at radius 2 is 1.57 bits per heavy atom. The van der Waals surface area contributed by atoms with Gasteiger partial charge in [-0.25, -0.2) is 9.69 Å². The molecule has 2 atom stereocenters. The number of Topliss-reactive ketones (excluding diaryl/α,β-unsaturated/α-hetero) is 1. The van der Waals surface area contributed by atoms with Crippen molar-refractivity contribution in [3.8, 4) is 5.75 Å². The molecule has 210 valence electrons. The number of para-hydroxylation sites is 1. The van der Waals surface area contributed by atoms with Gasteiger partial charge in [0.25, 0.3) is 11.8 Å². The molecule has 0 aromatic heterocycles. The monoisotopic (exact) mass is 631 g/mol. The van der Waals surface area contributed by atoms with E-state index in [0.29, 0.717) is 17.0 Å². The van der Waals surface area contributed by atoms with Crippen molar-refractivity contribution in [3.63, 3.8) is 0 Å². The van der Waals surface area contributed by atoms with Gasteiger partial charge in [-0.15, -0.1) is 0 Å². The molecule has 0 radical (unpaired) electrons. The summed E-state index contributed by atoms with van der Waals surface area (Å²) >= 11 is 0. The normalized spacial score (nSPS) is 14.7. The molecule has 2 unspecified atom stereocenters. The molecule has 16 heteroatoms. The van der Waals surface area contributed by atoms with E-state index < -0.39 is 82.6 Å². The van der Waals surface area contributed by atoms with Crippen LogP contribution in [0.25, 0.3) is 0 Å². The molecule has 1 heterocycles. The van der Waals surface area contributed by atoms with Crippen LogP contribution in [-0.4, -0.2) is 83.7 Å². The van der Waals surface area contributed by atoms with Crippen molar-refractivity contribution in [2.75, 3.05) is 25.6 Å². The van der Waals surface area contributed by atoms with Crippen molar-refractivity contribution in [1.82, 2.24) is 9.80 Å². The third-order valence-corrected chi connectivity index (χ3v) is 5.93. The predicted molar refractivity (Wildman–Crippen MR) is 130 cm³/mol. The predicted octanol–water partition coefficient (Wildman–Crippen LogP) is -7.16. The van der Waals surface area contributed by atoms with Crippen LogP contribution in [-0.2, 0) is 19.1 Å². The molecule has 4 amide bonds. The molecule has 1 aliphatic heterocycles. The number of anilines is 1. The molecule has 3 rings (SSSR count). The van der Waals surface area contributed by atoms with Crippen LogP contribution in [0.15, 0.2) is 42.5 Å². The van der Waals surface area contributed by atoms with Crippen molar-refractivity contribution in [2.24, 2.45) is 0 Å². The van der Waals surface area contributed by atoms with Gasteiger partial charge >= 0.3 is 115 Å². The number of nitrogens with zero attached hydrogens (tertiary/aromatic N) is 2. The number of methoxy groups -OCH3 is 1. The maximum Gasteiger partial charge on any atom is 1.00 e. The third kappa shape index (κ3) is 8.34. The summed E-state index contributed by atoms with van der Waals surface area (Å²) in [5.74, 6) is -8.90. The van der Waals surface area contributed by atoms with E-state index in [2.05, 4.69) is 5.32 Å². The first-order chi connectivity index (χ1) is 18.9. The van der Waals surface area contributed by atoms with Gasteiger partial charge < -0.3 is 39.5 Å². The standard InChI is InChI=1S/C26H25N3O11.2K/c1-4-40-18(30)12-28-13(2)23(33)29(26(28)38)19(22(32)27-15-8-6-5-7-9-15)20(31)16-10-14(24(34)35)11-17(25(36)37)21(16)39-3;;/h5-11,13,19H,4,12H2,1-3H3,(H,27,32)(H,34,35)(H,36,37);;/q;2*+1/p-2. The molecule has 1 N–H and O–H groups in total. The first-order valence-corrected chi connectivity index (χ1v) is 11.8. The first kappa shape index (κ1) is 38.0.